The van der Waals surface area contributed by atoms with Crippen LogP contribution in [0, 0.1) is 0 Å². The lowest BCUT2D eigenvalue weighted by molar-refractivity contribution is -0.144. The van der Waals surface area contributed by atoms with Crippen LogP contribution in [-0.2, 0) is 17.5 Å². The van der Waals surface area contributed by atoms with Gasteiger partial charge in [-0.3, -0.25) is 4.79 Å². The maximum atomic E-state index is 13.3. The molecule has 0 saturated carbocycles. The van der Waals surface area contributed by atoms with E-state index in [2.05, 4.69) is 25.6 Å². The van der Waals surface area contributed by atoms with E-state index < -0.39 is 17.5 Å². The van der Waals surface area contributed by atoms with E-state index in [4.69, 9.17) is 0 Å². The smallest absolute Gasteiger partial charge is 0.369 e. The molecule has 32 heavy (non-hydrogen) atoms. The molecule has 3 heterocycles. The van der Waals surface area contributed by atoms with Crippen molar-refractivity contribution in [2.75, 3.05) is 23.3 Å². The van der Waals surface area contributed by atoms with Crippen LogP contribution in [0.15, 0.2) is 30.3 Å². The lowest BCUT2D eigenvalue weighted by atomic mass is 9.98. The van der Waals surface area contributed by atoms with Gasteiger partial charge >= 0.3 is 6.18 Å². The third-order valence-electron chi connectivity index (χ3n) is 5.50. The van der Waals surface area contributed by atoms with E-state index in [-0.39, 0.29) is 17.4 Å². The zero-order valence-electron chi connectivity index (χ0n) is 17.7. The third-order valence-corrected chi connectivity index (χ3v) is 6.57. The molecule has 0 unspecified atom stereocenters. The number of alkyl halides is 3. The summed E-state index contributed by atoms with van der Waals surface area (Å²) >= 11 is 1.19. The van der Waals surface area contributed by atoms with Crippen LogP contribution >= 0.6 is 11.3 Å². The van der Waals surface area contributed by atoms with Gasteiger partial charge in [0.25, 0.3) is 0 Å². The first-order valence-electron chi connectivity index (χ1n) is 10.3. The largest absolute Gasteiger partial charge is 0.451 e. The summed E-state index contributed by atoms with van der Waals surface area (Å²) in [5.41, 5.74) is 0.0998. The molecule has 0 radical (unpaired) electrons. The van der Waals surface area contributed by atoms with Crippen molar-refractivity contribution in [1.29, 1.82) is 0 Å². The van der Waals surface area contributed by atoms with Gasteiger partial charge < -0.3 is 15.5 Å². The molecular formula is C21H23F3N6OS. The van der Waals surface area contributed by atoms with Gasteiger partial charge in [-0.2, -0.15) is 18.2 Å². The predicted molar refractivity (Wildman–Crippen MR) is 118 cm³/mol. The molecule has 1 saturated heterocycles. The summed E-state index contributed by atoms with van der Waals surface area (Å²) in [4.78, 5) is 26.7. The summed E-state index contributed by atoms with van der Waals surface area (Å²) in [5.74, 6) is -1.28. The minimum Gasteiger partial charge on any atom is -0.369 e. The number of benzene rings is 1. The molecule has 0 spiro atoms. The van der Waals surface area contributed by atoms with E-state index in [1.807, 2.05) is 42.2 Å². The van der Waals surface area contributed by atoms with Crippen LogP contribution in [0.25, 0.3) is 10.3 Å². The second-order valence-electron chi connectivity index (χ2n) is 7.77. The van der Waals surface area contributed by atoms with Gasteiger partial charge in [0.05, 0.1) is 0 Å². The monoisotopic (exact) mass is 464 g/mol. The quantitative estimate of drug-likeness (QED) is 0.569. The SMILES string of the molecule is CCNc1nc(C(F)(F)F)nc2nc(N3CCC[C@@]3(C)C(=O)NCc3ccccc3)sc12. The molecule has 7 nitrogen and oxygen atoms in total. The highest BCUT2D eigenvalue weighted by Gasteiger charge is 2.45. The molecule has 1 aliphatic rings. The fourth-order valence-electron chi connectivity index (χ4n) is 3.82. The van der Waals surface area contributed by atoms with Gasteiger partial charge in [-0.15, -0.1) is 0 Å². The number of fused-ring (bicyclic) bond motifs is 1. The van der Waals surface area contributed by atoms with Crippen LogP contribution in [0.5, 0.6) is 0 Å². The minimum absolute atomic E-state index is 0.0257. The Kier molecular flexibility index (Phi) is 5.93. The van der Waals surface area contributed by atoms with Crippen LogP contribution in [0.3, 0.4) is 0 Å². The molecule has 3 aromatic rings. The summed E-state index contributed by atoms with van der Waals surface area (Å²) in [5, 5.41) is 6.31. The summed E-state index contributed by atoms with van der Waals surface area (Å²) in [6, 6.07) is 9.59. The lowest BCUT2D eigenvalue weighted by Crippen LogP contribution is -2.53. The molecule has 1 aromatic carbocycles. The zero-order valence-corrected chi connectivity index (χ0v) is 18.5. The number of aromatic nitrogens is 3. The second kappa shape index (κ2) is 8.53. The van der Waals surface area contributed by atoms with Gasteiger partial charge in [-0.25, -0.2) is 9.97 Å². The highest BCUT2D eigenvalue weighted by molar-refractivity contribution is 7.22. The maximum absolute atomic E-state index is 13.3. The van der Waals surface area contributed by atoms with Crippen LogP contribution < -0.4 is 15.5 Å². The number of carbonyl (C=O) groups is 1. The summed E-state index contributed by atoms with van der Waals surface area (Å²) in [6.45, 7) is 4.99. The van der Waals surface area contributed by atoms with E-state index in [0.29, 0.717) is 35.9 Å². The number of rotatable bonds is 6. The van der Waals surface area contributed by atoms with Gasteiger partial charge in [0.2, 0.25) is 11.7 Å². The Labute approximate surface area is 187 Å². The summed E-state index contributed by atoms with van der Waals surface area (Å²) in [7, 11) is 0. The van der Waals surface area contributed by atoms with Crippen molar-refractivity contribution >= 4 is 38.5 Å². The molecule has 0 aliphatic carbocycles. The van der Waals surface area contributed by atoms with Crippen molar-refractivity contribution in [2.45, 2.75) is 44.9 Å². The van der Waals surface area contributed by atoms with Gasteiger partial charge in [-0.1, -0.05) is 41.7 Å². The molecule has 1 amide bonds. The number of nitrogens with zero attached hydrogens (tertiary/aromatic N) is 4. The Morgan fingerprint density at radius 1 is 1.22 bits per heavy atom. The van der Waals surface area contributed by atoms with Crippen LogP contribution in [0.1, 0.15) is 38.1 Å². The average Bonchev–Trinajstić information content (AvgIpc) is 3.36. The van der Waals surface area contributed by atoms with Gasteiger partial charge in [0.15, 0.2) is 10.8 Å². The maximum Gasteiger partial charge on any atom is 0.451 e. The summed E-state index contributed by atoms with van der Waals surface area (Å²) < 4.78 is 40.2. The molecule has 1 atom stereocenters. The Morgan fingerprint density at radius 2 is 1.97 bits per heavy atom. The minimum atomic E-state index is -4.68. The molecule has 4 rings (SSSR count). The number of halogens is 3. The molecule has 1 fully saturated rings. The zero-order chi connectivity index (χ0) is 22.9. The number of amides is 1. The molecular weight excluding hydrogens is 441 g/mol. The molecule has 0 bridgehead atoms. The molecule has 2 aromatic heterocycles. The summed E-state index contributed by atoms with van der Waals surface area (Å²) in [6.07, 6.45) is -3.30. The van der Waals surface area contributed by atoms with Gasteiger partial charge in [0.1, 0.15) is 16.1 Å². The van der Waals surface area contributed by atoms with E-state index in [1.54, 1.807) is 6.92 Å². The second-order valence-corrected chi connectivity index (χ2v) is 8.75. The first-order valence-corrected chi connectivity index (χ1v) is 11.1. The van der Waals surface area contributed by atoms with Crippen LogP contribution in [-0.4, -0.2) is 39.5 Å². The topological polar surface area (TPSA) is 83.0 Å². The normalized spacial score (nSPS) is 18.8. The Bertz CT molecular complexity index is 1120. The number of anilines is 2. The van der Waals surface area contributed by atoms with Crippen LogP contribution in [0.4, 0.5) is 24.1 Å². The van der Waals surface area contributed by atoms with Crippen molar-refractivity contribution in [3.63, 3.8) is 0 Å². The molecule has 1 aliphatic heterocycles. The lowest BCUT2D eigenvalue weighted by Gasteiger charge is -2.33. The van der Waals surface area contributed by atoms with E-state index in [1.165, 1.54) is 11.3 Å². The first kappa shape index (κ1) is 22.3. The van der Waals surface area contributed by atoms with Crippen molar-refractivity contribution in [3.8, 4) is 0 Å². The number of hydrogen-bond donors (Lipinski definition) is 2. The number of nitrogens with one attached hydrogen (secondary N) is 2. The van der Waals surface area contributed by atoms with Crippen molar-refractivity contribution in [3.05, 3.63) is 41.7 Å². The highest BCUT2D eigenvalue weighted by Crippen LogP contribution is 2.41. The van der Waals surface area contributed by atoms with E-state index in [0.717, 1.165) is 12.0 Å². The predicted octanol–water partition coefficient (Wildman–Crippen LogP) is 4.21. The molecule has 170 valence electrons. The van der Waals surface area contributed by atoms with Crippen molar-refractivity contribution < 1.29 is 18.0 Å². The van der Waals surface area contributed by atoms with E-state index >= 15 is 0 Å². The standard InChI is InChI=1S/C21H23F3N6OS/c1-3-25-15-14-16(28-17(27-15)21(22,23)24)29-19(32-14)30-11-7-10-20(30,2)18(31)26-12-13-8-5-4-6-9-13/h4-6,8-9H,3,7,10-12H2,1-2H3,(H,26,31)(H,25,27,28)/t20-/m0/s1. The van der Waals surface area contributed by atoms with Crippen LogP contribution in [0.2, 0.25) is 0 Å². The fourth-order valence-corrected chi connectivity index (χ4v) is 4.93. The Morgan fingerprint density at radius 3 is 2.66 bits per heavy atom. The highest BCUT2D eigenvalue weighted by atomic mass is 32.1. The number of thiazole rings is 1. The van der Waals surface area contributed by atoms with Crippen molar-refractivity contribution in [2.24, 2.45) is 0 Å². The Balaban J connectivity index is 1.64. The molecule has 11 heteroatoms. The van der Waals surface area contributed by atoms with E-state index in [9.17, 15) is 18.0 Å². The Hall–Kier alpha value is -2.95. The number of carbonyl (C=O) groups excluding carboxylic acids is 1. The van der Waals surface area contributed by atoms with Gasteiger partial charge in [0, 0.05) is 19.6 Å². The van der Waals surface area contributed by atoms with Crippen molar-refractivity contribution in [1.82, 2.24) is 20.3 Å². The van der Waals surface area contributed by atoms with Gasteiger partial charge in [-0.05, 0) is 32.3 Å². The average molecular weight is 465 g/mol. The third kappa shape index (κ3) is 4.21. The first-order chi connectivity index (χ1) is 15.2. The molecule has 2 N–H and O–H groups in total. The number of hydrogen-bond acceptors (Lipinski definition) is 7. The fraction of sp³-hybridized carbons (Fsp3) is 0.429.